The number of nitrogens with two attached hydrogens (primary N) is 1. The summed E-state index contributed by atoms with van der Waals surface area (Å²) in [6, 6.07) is 10.3. The van der Waals surface area contributed by atoms with Crippen molar-refractivity contribution in [3.63, 3.8) is 0 Å². The topological polar surface area (TPSA) is 87.2 Å². The van der Waals surface area contributed by atoms with Crippen molar-refractivity contribution in [3.05, 3.63) is 75.2 Å². The number of hydrogen-bond donors (Lipinski definition) is 1. The normalized spacial score (nSPS) is 12.9. The monoisotopic (exact) mass is 423 g/mol. The Balaban J connectivity index is 0.00000121. The zero-order valence-electron chi connectivity index (χ0n) is 13.6. The van der Waals surface area contributed by atoms with Crippen LogP contribution < -0.4 is 16.1 Å². The Hall–Kier alpha value is -1.85. The SMILES string of the molecule is C.NC(=O)c1c[n-]c2ncc(CC3Cc4ccccc4C3)cc2c1=O.[Y]. The van der Waals surface area contributed by atoms with Crippen molar-refractivity contribution in [2.45, 2.75) is 26.7 Å². The number of aromatic nitrogens is 2. The summed E-state index contributed by atoms with van der Waals surface area (Å²) in [6.07, 6.45) is 5.89. The molecule has 0 saturated carbocycles. The molecule has 0 unspecified atom stereocenters. The molecule has 1 aliphatic carbocycles. The maximum Gasteiger partial charge on any atom is 0.252 e. The molecule has 1 aromatic carbocycles. The van der Waals surface area contributed by atoms with Crippen molar-refractivity contribution in [1.82, 2.24) is 9.97 Å². The van der Waals surface area contributed by atoms with Crippen LogP contribution in [-0.4, -0.2) is 10.9 Å². The molecular weight excluding hydrogens is 403 g/mol. The summed E-state index contributed by atoms with van der Waals surface area (Å²) in [6.45, 7) is 0. The zero-order chi connectivity index (χ0) is 16.7. The van der Waals surface area contributed by atoms with Gasteiger partial charge in [-0.05, 0) is 48.0 Å². The minimum absolute atomic E-state index is 0. The average Bonchev–Trinajstić information content (AvgIpc) is 2.97. The second-order valence-corrected chi connectivity index (χ2v) is 6.33. The van der Waals surface area contributed by atoms with Gasteiger partial charge in [-0.1, -0.05) is 49.6 Å². The predicted molar refractivity (Wildman–Crippen MR) is 97.6 cm³/mol. The molecule has 0 spiro atoms. The molecule has 2 N–H and O–H groups in total. The fourth-order valence-electron chi connectivity index (χ4n) is 3.51. The third-order valence-corrected chi connectivity index (χ3v) is 4.65. The molecule has 26 heavy (non-hydrogen) atoms. The van der Waals surface area contributed by atoms with Gasteiger partial charge in [0, 0.05) is 38.1 Å². The standard InChI is InChI=1S/C19H17N3O2.CH4.Y/c20-18(24)16-10-22-19-15(17(16)23)8-12(9-21-19)5-11-6-13-3-1-2-4-14(13)7-11;;/h1-4,8-11H,5-7H2,(H3,20,21,22,23,24);1H4;/p-1. The van der Waals surface area contributed by atoms with Crippen LogP contribution in [0.15, 0.2) is 47.5 Å². The van der Waals surface area contributed by atoms with Crippen LogP contribution in [0.2, 0.25) is 0 Å². The quantitative estimate of drug-likeness (QED) is 0.700. The third kappa shape index (κ3) is 3.79. The van der Waals surface area contributed by atoms with Crippen molar-refractivity contribution < 1.29 is 37.5 Å². The Morgan fingerprint density at radius 2 is 1.88 bits per heavy atom. The minimum atomic E-state index is -0.758. The van der Waals surface area contributed by atoms with Gasteiger partial charge >= 0.3 is 0 Å². The van der Waals surface area contributed by atoms with Crippen LogP contribution in [0.1, 0.15) is 34.5 Å². The van der Waals surface area contributed by atoms with Gasteiger partial charge in [-0.25, -0.2) is 0 Å². The van der Waals surface area contributed by atoms with E-state index in [1.54, 1.807) is 12.3 Å². The van der Waals surface area contributed by atoms with E-state index in [-0.39, 0.29) is 45.7 Å². The Morgan fingerprint density at radius 3 is 2.50 bits per heavy atom. The Labute approximate surface area is 177 Å². The molecule has 0 aliphatic heterocycles. The molecule has 0 bridgehead atoms. The molecule has 1 aliphatic rings. The first-order valence-electron chi connectivity index (χ1n) is 7.93. The van der Waals surface area contributed by atoms with Gasteiger partial charge in [-0.2, -0.15) is 0 Å². The Morgan fingerprint density at radius 1 is 1.23 bits per heavy atom. The van der Waals surface area contributed by atoms with E-state index in [2.05, 4.69) is 34.2 Å². The number of benzene rings is 1. The Kier molecular flexibility index (Phi) is 6.48. The van der Waals surface area contributed by atoms with E-state index in [0.717, 1.165) is 24.8 Å². The van der Waals surface area contributed by atoms with Crippen LogP contribution in [0.3, 0.4) is 0 Å². The van der Waals surface area contributed by atoms with E-state index in [1.165, 1.54) is 17.3 Å². The van der Waals surface area contributed by atoms with Gasteiger partial charge in [0.05, 0.1) is 5.56 Å². The molecular formula is C20H20N3O2Y-. The number of pyridine rings is 2. The van der Waals surface area contributed by atoms with E-state index in [9.17, 15) is 9.59 Å². The Bertz CT molecular complexity index is 988. The van der Waals surface area contributed by atoms with Gasteiger partial charge in [-0.15, -0.1) is 0 Å². The number of hydrogen-bond acceptors (Lipinski definition) is 3. The van der Waals surface area contributed by atoms with Gasteiger partial charge < -0.3 is 15.7 Å². The number of primary amides is 1. The number of nitrogens with zero attached hydrogens (tertiary/aromatic N) is 2. The maximum absolute atomic E-state index is 12.4. The van der Waals surface area contributed by atoms with Crippen molar-refractivity contribution in [3.8, 4) is 0 Å². The summed E-state index contributed by atoms with van der Waals surface area (Å²) in [5.74, 6) is -0.255. The second-order valence-electron chi connectivity index (χ2n) is 6.33. The van der Waals surface area contributed by atoms with Gasteiger partial charge in [0.2, 0.25) is 0 Å². The fraction of sp³-hybridized carbons (Fsp3) is 0.250. The molecule has 3 aromatic rings. The van der Waals surface area contributed by atoms with Crippen LogP contribution >= 0.6 is 0 Å². The third-order valence-electron chi connectivity index (χ3n) is 4.65. The number of carbonyl (C=O) groups is 1. The number of fused-ring (bicyclic) bond motifs is 2. The van der Waals surface area contributed by atoms with Crippen molar-refractivity contribution in [2.24, 2.45) is 11.7 Å². The van der Waals surface area contributed by atoms with Crippen molar-refractivity contribution in [2.75, 3.05) is 0 Å². The molecule has 5 nitrogen and oxygen atoms in total. The predicted octanol–water partition coefficient (Wildman–Crippen LogP) is 2.24. The molecule has 131 valence electrons. The molecule has 6 heteroatoms. The van der Waals surface area contributed by atoms with Gasteiger partial charge in [0.15, 0.2) is 5.43 Å². The van der Waals surface area contributed by atoms with Crippen LogP contribution in [0.25, 0.3) is 11.0 Å². The number of amides is 1. The van der Waals surface area contributed by atoms with Crippen LogP contribution in [0, 0.1) is 5.92 Å². The van der Waals surface area contributed by atoms with Crippen LogP contribution in [-0.2, 0) is 52.0 Å². The molecule has 0 atom stereocenters. The molecule has 1 amide bonds. The first kappa shape index (κ1) is 20.5. The van der Waals surface area contributed by atoms with Gasteiger partial charge in [0.1, 0.15) is 0 Å². The molecule has 2 aromatic heterocycles. The molecule has 0 fully saturated rings. The first-order chi connectivity index (χ1) is 11.6. The minimum Gasteiger partial charge on any atom is -0.442 e. The summed E-state index contributed by atoms with van der Waals surface area (Å²) in [5, 5.41) is 0.360. The van der Waals surface area contributed by atoms with Gasteiger partial charge in [-0.3, -0.25) is 9.59 Å². The zero-order valence-corrected chi connectivity index (χ0v) is 16.4. The van der Waals surface area contributed by atoms with E-state index in [0.29, 0.717) is 17.0 Å². The van der Waals surface area contributed by atoms with E-state index in [4.69, 9.17) is 5.73 Å². The fourth-order valence-corrected chi connectivity index (χ4v) is 3.51. The summed E-state index contributed by atoms with van der Waals surface area (Å²) in [7, 11) is 0. The largest absolute Gasteiger partial charge is 0.442 e. The second kappa shape index (κ2) is 8.23. The van der Waals surface area contributed by atoms with Crippen molar-refractivity contribution >= 4 is 16.9 Å². The van der Waals surface area contributed by atoms with Crippen LogP contribution in [0.4, 0.5) is 0 Å². The number of carbonyl (C=O) groups excluding carboxylic acids is 1. The molecule has 1 radical (unpaired) electrons. The first-order valence-corrected chi connectivity index (χ1v) is 7.93. The summed E-state index contributed by atoms with van der Waals surface area (Å²) < 4.78 is 0. The van der Waals surface area contributed by atoms with E-state index >= 15 is 0 Å². The average molecular weight is 423 g/mol. The molecule has 0 saturated heterocycles. The van der Waals surface area contributed by atoms with Crippen molar-refractivity contribution in [1.29, 1.82) is 0 Å². The van der Waals surface area contributed by atoms with E-state index < -0.39 is 11.3 Å². The number of rotatable bonds is 3. The molecule has 2 heterocycles. The maximum atomic E-state index is 12.4. The van der Waals surface area contributed by atoms with E-state index in [1.807, 2.05) is 0 Å². The summed E-state index contributed by atoms with van der Waals surface area (Å²) in [5.41, 5.74) is 8.88. The summed E-state index contributed by atoms with van der Waals surface area (Å²) >= 11 is 0. The molecule has 4 rings (SSSR count). The summed E-state index contributed by atoms with van der Waals surface area (Å²) in [4.78, 5) is 32.0. The van der Waals surface area contributed by atoms with Gasteiger partial charge in [0.25, 0.3) is 5.91 Å². The smallest absolute Gasteiger partial charge is 0.252 e. The van der Waals surface area contributed by atoms with Crippen LogP contribution in [0.5, 0.6) is 0 Å².